The third kappa shape index (κ3) is 5.94. The molecule has 0 heterocycles. The van der Waals surface area contributed by atoms with Crippen LogP contribution in [0.15, 0.2) is 30.3 Å². The Hall–Kier alpha value is -1.96. The Bertz CT molecular complexity index is 820. The molecule has 7 nitrogen and oxygen atoms in total. The number of amides is 1. The Morgan fingerprint density at radius 1 is 1.21 bits per heavy atom. The molecule has 33 heavy (non-hydrogen) atoms. The summed E-state index contributed by atoms with van der Waals surface area (Å²) in [5.41, 5.74) is 0.563. The molecule has 0 bridgehead atoms. The molecule has 2 aliphatic rings. The van der Waals surface area contributed by atoms with Crippen LogP contribution in [0.25, 0.3) is 0 Å². The molecule has 184 valence electrons. The van der Waals surface area contributed by atoms with Gasteiger partial charge in [0, 0.05) is 18.4 Å². The zero-order chi connectivity index (χ0) is 23.3. The summed E-state index contributed by atoms with van der Waals surface area (Å²) >= 11 is 0. The third-order valence-electron chi connectivity index (χ3n) is 7.58. The van der Waals surface area contributed by atoms with E-state index in [1.165, 1.54) is 7.11 Å². The molecular weight excluding hydrogens is 444 g/mol. The molecule has 1 amide bonds. The number of halogens is 1. The first-order chi connectivity index (χ1) is 15.3. The molecule has 3 N–H and O–H groups in total. The van der Waals surface area contributed by atoms with Gasteiger partial charge in [-0.3, -0.25) is 9.59 Å². The standard InChI is InChI=1S/C25H36N2O5.ClH/c1-16(28)19-14-18(21(29)15-25(19)12-8-7-11-22(25)26-2)23(30)27-20(24(31)32-3)13-17-9-5-4-6-10-17;/h4-6,9-10,18-22,26,29H,7-8,11-15H2,1-3H3,(H,27,30);1H/t18?,19?,20-,21?,22?,25?;/m0./s1. The zero-order valence-corrected chi connectivity index (χ0v) is 20.5. The van der Waals surface area contributed by atoms with E-state index in [0.29, 0.717) is 19.3 Å². The molecule has 6 atom stereocenters. The van der Waals surface area contributed by atoms with Gasteiger partial charge in [0.2, 0.25) is 5.91 Å². The van der Waals surface area contributed by atoms with Crippen molar-refractivity contribution in [2.24, 2.45) is 17.3 Å². The van der Waals surface area contributed by atoms with Gasteiger partial charge < -0.3 is 20.5 Å². The largest absolute Gasteiger partial charge is 0.467 e. The molecule has 1 aromatic carbocycles. The van der Waals surface area contributed by atoms with Gasteiger partial charge in [0.05, 0.1) is 19.1 Å². The van der Waals surface area contributed by atoms with Crippen LogP contribution in [0, 0.1) is 17.3 Å². The molecule has 2 saturated carbocycles. The van der Waals surface area contributed by atoms with Gasteiger partial charge in [-0.2, -0.15) is 0 Å². The van der Waals surface area contributed by atoms with Crippen LogP contribution in [-0.4, -0.2) is 55.1 Å². The number of ether oxygens (including phenoxy) is 1. The number of aliphatic hydroxyl groups excluding tert-OH is 1. The van der Waals surface area contributed by atoms with Crippen molar-refractivity contribution < 1.29 is 24.2 Å². The third-order valence-corrected chi connectivity index (χ3v) is 7.58. The van der Waals surface area contributed by atoms with E-state index in [0.717, 1.165) is 31.2 Å². The van der Waals surface area contributed by atoms with Crippen molar-refractivity contribution in [2.75, 3.05) is 14.2 Å². The Labute approximate surface area is 202 Å². The maximum Gasteiger partial charge on any atom is 0.328 e. The van der Waals surface area contributed by atoms with Crippen molar-refractivity contribution in [3.05, 3.63) is 35.9 Å². The summed E-state index contributed by atoms with van der Waals surface area (Å²) in [5.74, 6) is -1.91. The highest BCUT2D eigenvalue weighted by atomic mass is 35.5. The van der Waals surface area contributed by atoms with Crippen molar-refractivity contribution in [1.29, 1.82) is 0 Å². The van der Waals surface area contributed by atoms with Gasteiger partial charge in [-0.1, -0.05) is 43.2 Å². The lowest BCUT2D eigenvalue weighted by atomic mass is 9.53. The van der Waals surface area contributed by atoms with E-state index in [1.54, 1.807) is 6.92 Å². The average molecular weight is 481 g/mol. The highest BCUT2D eigenvalue weighted by Crippen LogP contribution is 2.53. The molecule has 2 fully saturated rings. The van der Waals surface area contributed by atoms with E-state index in [1.807, 2.05) is 37.4 Å². The Morgan fingerprint density at radius 3 is 2.52 bits per heavy atom. The molecule has 1 spiro atoms. The fourth-order valence-corrected chi connectivity index (χ4v) is 5.99. The van der Waals surface area contributed by atoms with Crippen LogP contribution in [-0.2, 0) is 25.5 Å². The number of ketones is 1. The lowest BCUT2D eigenvalue weighted by Crippen LogP contribution is -2.60. The van der Waals surface area contributed by atoms with Gasteiger partial charge in [0.15, 0.2) is 0 Å². The number of hydrogen-bond acceptors (Lipinski definition) is 6. The average Bonchev–Trinajstić information content (AvgIpc) is 2.78. The normalized spacial score (nSPS) is 30.1. The first-order valence-corrected chi connectivity index (χ1v) is 11.6. The number of nitrogens with one attached hydrogen (secondary N) is 2. The fraction of sp³-hybridized carbons (Fsp3) is 0.640. The van der Waals surface area contributed by atoms with E-state index in [2.05, 4.69) is 10.6 Å². The minimum Gasteiger partial charge on any atom is -0.467 e. The molecule has 0 aliphatic heterocycles. The zero-order valence-electron chi connectivity index (χ0n) is 19.7. The minimum absolute atomic E-state index is 0. The first kappa shape index (κ1) is 27.3. The second-order valence-corrected chi connectivity index (χ2v) is 9.37. The molecule has 0 radical (unpaired) electrons. The van der Waals surface area contributed by atoms with Gasteiger partial charge >= 0.3 is 5.97 Å². The molecule has 2 aliphatic carbocycles. The number of esters is 1. The Morgan fingerprint density at radius 2 is 1.91 bits per heavy atom. The van der Waals surface area contributed by atoms with Crippen molar-refractivity contribution in [1.82, 2.24) is 10.6 Å². The lowest BCUT2D eigenvalue weighted by Gasteiger charge is -2.53. The quantitative estimate of drug-likeness (QED) is 0.518. The van der Waals surface area contributed by atoms with Crippen LogP contribution in [0.1, 0.15) is 51.0 Å². The molecule has 3 rings (SSSR count). The Balaban J connectivity index is 0.00000385. The van der Waals surface area contributed by atoms with Gasteiger partial charge in [-0.05, 0) is 50.6 Å². The topological polar surface area (TPSA) is 105 Å². The van der Waals surface area contributed by atoms with Crippen LogP contribution < -0.4 is 10.6 Å². The van der Waals surface area contributed by atoms with Crippen molar-refractivity contribution >= 4 is 30.1 Å². The number of aliphatic hydroxyl groups is 1. The number of benzene rings is 1. The van der Waals surface area contributed by atoms with Crippen LogP contribution in [0.5, 0.6) is 0 Å². The predicted molar refractivity (Wildman–Crippen MR) is 128 cm³/mol. The fourth-order valence-electron chi connectivity index (χ4n) is 5.99. The number of hydrogen-bond donors (Lipinski definition) is 3. The van der Waals surface area contributed by atoms with Gasteiger partial charge in [0.1, 0.15) is 11.8 Å². The summed E-state index contributed by atoms with van der Waals surface area (Å²) in [7, 11) is 3.20. The van der Waals surface area contributed by atoms with Gasteiger partial charge in [-0.15, -0.1) is 12.4 Å². The van der Waals surface area contributed by atoms with E-state index in [9.17, 15) is 19.5 Å². The van der Waals surface area contributed by atoms with Crippen LogP contribution >= 0.6 is 12.4 Å². The van der Waals surface area contributed by atoms with E-state index in [4.69, 9.17) is 4.74 Å². The maximum absolute atomic E-state index is 13.2. The second kappa shape index (κ2) is 12.0. The Kier molecular flexibility index (Phi) is 9.88. The molecule has 5 unspecified atom stereocenters. The number of rotatable bonds is 7. The summed E-state index contributed by atoms with van der Waals surface area (Å²) < 4.78 is 4.90. The SMILES string of the molecule is CNC1CCCCC12CC(O)C(C(=O)N[C@@H](Cc1ccccc1)C(=O)OC)CC2C(C)=O.Cl. The number of methoxy groups -OCH3 is 1. The maximum atomic E-state index is 13.2. The van der Waals surface area contributed by atoms with Crippen LogP contribution in [0.2, 0.25) is 0 Å². The lowest BCUT2D eigenvalue weighted by molar-refractivity contribution is -0.151. The summed E-state index contributed by atoms with van der Waals surface area (Å²) in [4.78, 5) is 38.3. The summed E-state index contributed by atoms with van der Waals surface area (Å²) in [6.07, 6.45) is 4.07. The monoisotopic (exact) mass is 480 g/mol. The van der Waals surface area contributed by atoms with Crippen LogP contribution in [0.4, 0.5) is 0 Å². The molecule has 1 aromatic rings. The summed E-state index contributed by atoms with van der Waals surface area (Å²) in [6.45, 7) is 1.59. The number of carbonyl (C=O) groups excluding carboxylic acids is 3. The second-order valence-electron chi connectivity index (χ2n) is 9.37. The van der Waals surface area contributed by atoms with Gasteiger partial charge in [0.25, 0.3) is 0 Å². The van der Waals surface area contributed by atoms with Crippen LogP contribution in [0.3, 0.4) is 0 Å². The first-order valence-electron chi connectivity index (χ1n) is 11.6. The van der Waals surface area contributed by atoms with E-state index < -0.39 is 29.9 Å². The molecule has 0 aromatic heterocycles. The number of Topliss-reactive ketones (excluding diaryl/α,β-unsaturated/α-hetero) is 1. The molecule has 8 heteroatoms. The van der Waals surface area contributed by atoms with E-state index >= 15 is 0 Å². The molecular formula is C25H37ClN2O5. The van der Waals surface area contributed by atoms with Crippen molar-refractivity contribution in [2.45, 2.75) is 70.1 Å². The minimum atomic E-state index is -0.866. The smallest absolute Gasteiger partial charge is 0.328 e. The number of carbonyl (C=O) groups is 3. The highest BCUT2D eigenvalue weighted by molar-refractivity contribution is 5.87. The highest BCUT2D eigenvalue weighted by Gasteiger charge is 2.55. The summed E-state index contributed by atoms with van der Waals surface area (Å²) in [6, 6.07) is 8.68. The van der Waals surface area contributed by atoms with Gasteiger partial charge in [-0.25, -0.2) is 4.79 Å². The molecule has 0 saturated heterocycles. The summed E-state index contributed by atoms with van der Waals surface area (Å²) in [5, 5.41) is 17.2. The van der Waals surface area contributed by atoms with Crippen molar-refractivity contribution in [3.8, 4) is 0 Å². The van der Waals surface area contributed by atoms with E-state index in [-0.39, 0.29) is 35.6 Å². The van der Waals surface area contributed by atoms with Crippen molar-refractivity contribution in [3.63, 3.8) is 0 Å². The predicted octanol–water partition coefficient (Wildman–Crippen LogP) is 2.43.